The van der Waals surface area contributed by atoms with Gasteiger partial charge in [-0.25, -0.2) is 26.3 Å². The maximum absolute atomic E-state index is 11.7. The quantitative estimate of drug-likeness (QED) is 0.534. The number of ether oxygens (including phenoxy) is 1. The van der Waals surface area contributed by atoms with E-state index in [1.54, 1.807) is 13.8 Å². The van der Waals surface area contributed by atoms with Gasteiger partial charge in [0, 0.05) is 18.5 Å². The molecule has 0 spiro atoms. The molecule has 0 atom stereocenters. The third-order valence-electron chi connectivity index (χ3n) is 2.22. The molecule has 0 rings (SSSR count). The Labute approximate surface area is 120 Å². The molecule has 0 aliphatic rings. The fourth-order valence-corrected chi connectivity index (χ4v) is 3.73. The first-order chi connectivity index (χ1) is 8.87. The van der Waals surface area contributed by atoms with Crippen molar-refractivity contribution < 1.29 is 26.4 Å². The van der Waals surface area contributed by atoms with Crippen LogP contribution in [0.1, 0.15) is 26.7 Å². The second-order valence-corrected chi connectivity index (χ2v) is 8.75. The van der Waals surface area contributed by atoms with Gasteiger partial charge in [0.2, 0.25) is 20.0 Å². The molecule has 0 aromatic rings. The van der Waals surface area contributed by atoms with E-state index in [1.807, 2.05) is 0 Å². The molecule has 0 aliphatic carbocycles. The maximum atomic E-state index is 11.7. The Morgan fingerprint density at radius 1 is 1.20 bits per heavy atom. The van der Waals surface area contributed by atoms with E-state index in [0.29, 0.717) is 0 Å². The second kappa shape index (κ2) is 7.34. The number of hydrogen-bond acceptors (Lipinski definition) is 6. The van der Waals surface area contributed by atoms with Gasteiger partial charge in [-0.05, 0) is 20.3 Å². The minimum atomic E-state index is -3.57. The zero-order valence-corrected chi connectivity index (χ0v) is 13.7. The number of hydrogen-bond donors (Lipinski definition) is 2. The third-order valence-corrected chi connectivity index (χ3v) is 4.55. The number of carbonyl (C=O) groups excluding carboxylic acids is 1. The van der Waals surface area contributed by atoms with Gasteiger partial charge in [0.15, 0.2) is 0 Å². The number of nitrogens with one attached hydrogen (secondary N) is 2. The van der Waals surface area contributed by atoms with Gasteiger partial charge in [0.1, 0.15) is 0 Å². The SMILES string of the molecule is COC(=O)CCCS(=O)(=O)NCC(C)(C)NS(C)(=O)=O. The molecule has 0 unspecified atom stereocenters. The molecule has 0 bridgehead atoms. The summed E-state index contributed by atoms with van der Waals surface area (Å²) in [6.07, 6.45) is 1.16. The lowest BCUT2D eigenvalue weighted by molar-refractivity contribution is -0.140. The zero-order valence-electron chi connectivity index (χ0n) is 12.1. The van der Waals surface area contributed by atoms with Crippen LogP contribution in [0.2, 0.25) is 0 Å². The van der Waals surface area contributed by atoms with Crippen molar-refractivity contribution in [3.8, 4) is 0 Å². The van der Waals surface area contributed by atoms with E-state index < -0.39 is 31.6 Å². The van der Waals surface area contributed by atoms with Gasteiger partial charge in [-0.15, -0.1) is 0 Å². The average Bonchev–Trinajstić information content (AvgIpc) is 2.23. The monoisotopic (exact) mass is 330 g/mol. The summed E-state index contributed by atoms with van der Waals surface area (Å²) in [5.41, 5.74) is -0.941. The van der Waals surface area contributed by atoms with Crippen molar-refractivity contribution in [1.82, 2.24) is 9.44 Å². The van der Waals surface area contributed by atoms with Crippen molar-refractivity contribution >= 4 is 26.0 Å². The predicted octanol–water partition coefficient (Wildman–Crippen LogP) is -0.813. The fourth-order valence-electron chi connectivity index (χ4n) is 1.41. The van der Waals surface area contributed by atoms with Crippen LogP contribution in [0.5, 0.6) is 0 Å². The topological polar surface area (TPSA) is 119 Å². The lowest BCUT2D eigenvalue weighted by Crippen LogP contribution is -2.51. The van der Waals surface area contributed by atoms with Gasteiger partial charge in [-0.2, -0.15) is 0 Å². The van der Waals surface area contributed by atoms with E-state index in [1.165, 1.54) is 7.11 Å². The molecule has 10 heteroatoms. The Morgan fingerprint density at radius 3 is 2.20 bits per heavy atom. The Bertz CT molecular complexity index is 524. The first kappa shape index (κ1) is 19.3. The van der Waals surface area contributed by atoms with Crippen LogP contribution in [0, 0.1) is 0 Å². The van der Waals surface area contributed by atoms with Crippen molar-refractivity contribution in [2.75, 3.05) is 25.7 Å². The maximum Gasteiger partial charge on any atom is 0.305 e. The molecule has 0 fully saturated rings. The van der Waals surface area contributed by atoms with E-state index >= 15 is 0 Å². The fraction of sp³-hybridized carbons (Fsp3) is 0.900. The Hall–Kier alpha value is -0.710. The van der Waals surface area contributed by atoms with Crippen LogP contribution in [0.3, 0.4) is 0 Å². The van der Waals surface area contributed by atoms with Crippen molar-refractivity contribution in [3.63, 3.8) is 0 Å². The van der Waals surface area contributed by atoms with Crippen LogP contribution >= 0.6 is 0 Å². The zero-order chi connectivity index (χ0) is 16.0. The largest absolute Gasteiger partial charge is 0.469 e. The van der Waals surface area contributed by atoms with Crippen molar-refractivity contribution in [1.29, 1.82) is 0 Å². The minimum Gasteiger partial charge on any atom is -0.469 e. The molecule has 8 nitrogen and oxygen atoms in total. The highest BCUT2D eigenvalue weighted by molar-refractivity contribution is 7.89. The van der Waals surface area contributed by atoms with Gasteiger partial charge in [0.25, 0.3) is 0 Å². The highest BCUT2D eigenvalue weighted by atomic mass is 32.2. The van der Waals surface area contributed by atoms with Crippen LogP contribution < -0.4 is 9.44 Å². The van der Waals surface area contributed by atoms with Crippen LogP contribution in [-0.2, 0) is 29.6 Å². The van der Waals surface area contributed by atoms with Gasteiger partial charge in [-0.1, -0.05) is 0 Å². The number of methoxy groups -OCH3 is 1. The molecule has 2 N–H and O–H groups in total. The van der Waals surface area contributed by atoms with Crippen LogP contribution in [0.15, 0.2) is 0 Å². The normalized spacial score (nSPS) is 13.2. The van der Waals surface area contributed by atoms with E-state index in [2.05, 4.69) is 14.2 Å². The lowest BCUT2D eigenvalue weighted by atomic mass is 10.1. The molecule has 0 aliphatic heterocycles. The summed E-state index contributed by atoms with van der Waals surface area (Å²) in [5.74, 6) is -0.698. The van der Waals surface area contributed by atoms with Crippen molar-refractivity contribution in [3.05, 3.63) is 0 Å². The molecule has 0 saturated carbocycles. The summed E-state index contributed by atoms with van der Waals surface area (Å²) in [5, 5.41) is 0. The highest BCUT2D eigenvalue weighted by Crippen LogP contribution is 2.04. The molecule has 20 heavy (non-hydrogen) atoms. The average molecular weight is 330 g/mol. The highest BCUT2D eigenvalue weighted by Gasteiger charge is 2.24. The first-order valence-corrected chi connectivity index (χ1v) is 9.44. The lowest BCUT2D eigenvalue weighted by Gasteiger charge is -2.25. The molecule has 0 heterocycles. The molecular weight excluding hydrogens is 308 g/mol. The summed E-state index contributed by atoms with van der Waals surface area (Å²) < 4.78 is 54.6. The van der Waals surface area contributed by atoms with E-state index in [-0.39, 0.29) is 25.1 Å². The molecule has 0 aromatic heterocycles. The first-order valence-electron chi connectivity index (χ1n) is 5.90. The molecular formula is C10H22N2O6S2. The standard InChI is InChI=1S/C10H22N2O6S2/c1-10(2,12-19(4,14)15)8-11-20(16,17)7-5-6-9(13)18-3/h11-12H,5-8H2,1-4H3. The smallest absolute Gasteiger partial charge is 0.305 e. The van der Waals surface area contributed by atoms with E-state index in [0.717, 1.165) is 6.26 Å². The van der Waals surface area contributed by atoms with Crippen LogP contribution in [0.4, 0.5) is 0 Å². The van der Waals surface area contributed by atoms with Gasteiger partial charge in [0.05, 0.1) is 19.1 Å². The van der Waals surface area contributed by atoms with Crippen LogP contribution in [0.25, 0.3) is 0 Å². The molecule has 0 saturated heterocycles. The van der Waals surface area contributed by atoms with Crippen molar-refractivity contribution in [2.45, 2.75) is 32.2 Å². The van der Waals surface area contributed by atoms with Gasteiger partial charge >= 0.3 is 5.97 Å². The molecule has 120 valence electrons. The molecule has 0 amide bonds. The number of esters is 1. The van der Waals surface area contributed by atoms with Gasteiger partial charge < -0.3 is 4.74 Å². The predicted molar refractivity (Wildman–Crippen MR) is 75.1 cm³/mol. The molecule has 0 aromatic carbocycles. The minimum absolute atomic E-state index is 0.0163. The summed E-state index contributed by atoms with van der Waals surface area (Å²) in [7, 11) is -5.76. The summed E-state index contributed by atoms with van der Waals surface area (Å²) in [6.45, 7) is 3.04. The summed E-state index contributed by atoms with van der Waals surface area (Å²) in [6, 6.07) is 0. The van der Waals surface area contributed by atoms with E-state index in [4.69, 9.17) is 0 Å². The number of carbonyl (C=O) groups is 1. The van der Waals surface area contributed by atoms with Crippen molar-refractivity contribution in [2.24, 2.45) is 0 Å². The third kappa shape index (κ3) is 10.1. The van der Waals surface area contributed by atoms with Gasteiger partial charge in [-0.3, -0.25) is 4.79 Å². The Kier molecular flexibility index (Phi) is 7.08. The summed E-state index contributed by atoms with van der Waals surface area (Å²) >= 11 is 0. The number of sulfonamides is 2. The summed E-state index contributed by atoms with van der Waals surface area (Å²) in [4.78, 5) is 10.9. The van der Waals surface area contributed by atoms with E-state index in [9.17, 15) is 21.6 Å². The molecule has 0 radical (unpaired) electrons. The van der Waals surface area contributed by atoms with Crippen LogP contribution in [-0.4, -0.2) is 54.0 Å². The Balaban J connectivity index is 4.31. The second-order valence-electron chi connectivity index (χ2n) is 5.08. The Morgan fingerprint density at radius 2 is 1.75 bits per heavy atom. The number of rotatable bonds is 9.